The number of rotatable bonds is 5. The summed E-state index contributed by atoms with van der Waals surface area (Å²) >= 11 is 0. The topological polar surface area (TPSA) is 61.7 Å². The van der Waals surface area contributed by atoms with Crippen molar-refractivity contribution < 1.29 is 14.9 Å². The molecular weight excluding hydrogens is 194 g/mol. The highest BCUT2D eigenvalue weighted by Crippen LogP contribution is 2.11. The van der Waals surface area contributed by atoms with Crippen molar-refractivity contribution in [2.45, 2.75) is 25.8 Å². The van der Waals surface area contributed by atoms with Crippen LogP contribution in [0.4, 0.5) is 0 Å². The van der Waals surface area contributed by atoms with Crippen molar-refractivity contribution >= 4 is 0 Å². The number of ether oxygens (including phenoxy) is 1. The first-order valence-electron chi connectivity index (χ1n) is 4.86. The maximum atomic E-state index is 9.30. The maximum Gasteiger partial charge on any atom is 0.131 e. The molecule has 2 atom stereocenters. The van der Waals surface area contributed by atoms with Crippen molar-refractivity contribution in [1.82, 2.24) is 5.32 Å². The van der Waals surface area contributed by atoms with Gasteiger partial charge in [-0.25, -0.2) is 0 Å². The minimum atomic E-state index is -0.896. The first-order chi connectivity index (χ1) is 7.13. The zero-order valence-electron chi connectivity index (χ0n) is 8.97. The largest absolute Gasteiger partial charge is 0.497 e. The fourth-order valence-electron chi connectivity index (χ4n) is 1.14. The molecule has 1 rings (SSSR count). The maximum absolute atomic E-state index is 9.30. The summed E-state index contributed by atoms with van der Waals surface area (Å²) in [5, 5.41) is 21.2. The molecule has 4 heteroatoms. The molecule has 0 aromatic heterocycles. The van der Waals surface area contributed by atoms with Crippen LogP contribution in [0.25, 0.3) is 0 Å². The Morgan fingerprint density at radius 3 is 2.33 bits per heavy atom. The molecule has 1 aromatic rings. The van der Waals surface area contributed by atoms with Crippen LogP contribution in [0.3, 0.4) is 0 Å². The fourth-order valence-corrected chi connectivity index (χ4v) is 1.14. The number of methoxy groups -OCH3 is 1. The van der Waals surface area contributed by atoms with Gasteiger partial charge in [0.15, 0.2) is 0 Å². The Balaban J connectivity index is 2.44. The minimum absolute atomic E-state index is 0.510. The van der Waals surface area contributed by atoms with Gasteiger partial charge in [-0.1, -0.05) is 12.1 Å². The van der Waals surface area contributed by atoms with Crippen LogP contribution in [0.2, 0.25) is 0 Å². The molecule has 0 aliphatic carbocycles. The normalized spacial score (nSPS) is 14.7. The van der Waals surface area contributed by atoms with Gasteiger partial charge in [0.05, 0.1) is 13.2 Å². The lowest BCUT2D eigenvalue weighted by atomic mass is 10.2. The van der Waals surface area contributed by atoms with Gasteiger partial charge >= 0.3 is 0 Å². The van der Waals surface area contributed by atoms with Gasteiger partial charge in [0, 0.05) is 6.54 Å². The lowest BCUT2D eigenvalue weighted by Crippen LogP contribution is -2.37. The Labute approximate surface area is 89.5 Å². The van der Waals surface area contributed by atoms with E-state index in [4.69, 9.17) is 9.84 Å². The summed E-state index contributed by atoms with van der Waals surface area (Å²) in [5.41, 5.74) is 1.02. The fraction of sp³-hybridized carbons (Fsp3) is 0.455. The molecule has 1 aromatic carbocycles. The van der Waals surface area contributed by atoms with E-state index in [1.807, 2.05) is 24.3 Å². The summed E-state index contributed by atoms with van der Waals surface area (Å²) in [7, 11) is 1.62. The molecule has 0 radical (unpaired) electrons. The molecule has 0 aliphatic heterocycles. The molecule has 0 saturated carbocycles. The summed E-state index contributed by atoms with van der Waals surface area (Å²) in [6.07, 6.45) is -1.67. The predicted octanol–water partition coefficient (Wildman–Crippen LogP) is 0.484. The second kappa shape index (κ2) is 5.70. The molecule has 15 heavy (non-hydrogen) atoms. The standard InChI is InChI=1S/C11H17NO3/c1-8(13)11(14)12-7-9-3-5-10(15-2)6-4-9/h3-6,8,11-14H,7H2,1-2H3. The van der Waals surface area contributed by atoms with Crippen LogP contribution in [0.5, 0.6) is 5.75 Å². The molecule has 0 fully saturated rings. The minimum Gasteiger partial charge on any atom is -0.497 e. The zero-order chi connectivity index (χ0) is 11.3. The monoisotopic (exact) mass is 211 g/mol. The van der Waals surface area contributed by atoms with Gasteiger partial charge in [-0.2, -0.15) is 0 Å². The second-order valence-corrected chi connectivity index (χ2v) is 3.41. The highest BCUT2D eigenvalue weighted by Gasteiger charge is 2.08. The van der Waals surface area contributed by atoms with E-state index in [0.29, 0.717) is 6.54 Å². The van der Waals surface area contributed by atoms with E-state index >= 15 is 0 Å². The van der Waals surface area contributed by atoms with Crippen LogP contribution in [-0.4, -0.2) is 29.7 Å². The van der Waals surface area contributed by atoms with Gasteiger partial charge in [0.2, 0.25) is 0 Å². The molecule has 0 bridgehead atoms. The average molecular weight is 211 g/mol. The van der Waals surface area contributed by atoms with Crippen molar-refractivity contribution in [2.75, 3.05) is 7.11 Å². The van der Waals surface area contributed by atoms with Crippen LogP contribution in [-0.2, 0) is 6.54 Å². The van der Waals surface area contributed by atoms with Gasteiger partial charge in [-0.05, 0) is 24.6 Å². The molecule has 0 aliphatic rings. The summed E-state index contributed by atoms with van der Waals surface area (Å²) in [5.74, 6) is 0.801. The Morgan fingerprint density at radius 1 is 1.27 bits per heavy atom. The highest BCUT2D eigenvalue weighted by molar-refractivity contribution is 5.26. The van der Waals surface area contributed by atoms with Gasteiger partial charge in [-0.3, -0.25) is 5.32 Å². The van der Waals surface area contributed by atoms with Crippen molar-refractivity contribution in [3.8, 4) is 5.75 Å². The van der Waals surface area contributed by atoms with E-state index in [9.17, 15) is 5.11 Å². The highest BCUT2D eigenvalue weighted by atomic mass is 16.5. The molecule has 0 spiro atoms. The van der Waals surface area contributed by atoms with Crippen LogP contribution < -0.4 is 10.1 Å². The Morgan fingerprint density at radius 2 is 1.87 bits per heavy atom. The zero-order valence-corrected chi connectivity index (χ0v) is 8.97. The van der Waals surface area contributed by atoms with Gasteiger partial charge < -0.3 is 14.9 Å². The molecule has 4 nitrogen and oxygen atoms in total. The molecule has 3 N–H and O–H groups in total. The van der Waals surface area contributed by atoms with Gasteiger partial charge in [0.1, 0.15) is 12.0 Å². The van der Waals surface area contributed by atoms with Crippen molar-refractivity contribution in [3.05, 3.63) is 29.8 Å². The van der Waals surface area contributed by atoms with E-state index in [2.05, 4.69) is 5.32 Å². The number of nitrogens with one attached hydrogen (secondary N) is 1. The molecule has 84 valence electrons. The number of benzene rings is 1. The molecule has 0 heterocycles. The van der Waals surface area contributed by atoms with Crippen LogP contribution in [0, 0.1) is 0 Å². The molecule has 0 amide bonds. The summed E-state index contributed by atoms with van der Waals surface area (Å²) in [4.78, 5) is 0. The third-order valence-corrected chi connectivity index (χ3v) is 2.13. The van der Waals surface area contributed by atoms with E-state index in [1.165, 1.54) is 6.92 Å². The molecular formula is C11H17NO3. The van der Waals surface area contributed by atoms with Gasteiger partial charge in [-0.15, -0.1) is 0 Å². The number of aliphatic hydroxyl groups is 2. The first-order valence-corrected chi connectivity index (χ1v) is 4.86. The van der Waals surface area contributed by atoms with Crippen LogP contribution in [0.15, 0.2) is 24.3 Å². The van der Waals surface area contributed by atoms with Crippen LogP contribution in [0.1, 0.15) is 12.5 Å². The molecule has 0 saturated heterocycles. The lowest BCUT2D eigenvalue weighted by molar-refractivity contribution is 0.00811. The van der Waals surface area contributed by atoms with Gasteiger partial charge in [0.25, 0.3) is 0 Å². The van der Waals surface area contributed by atoms with E-state index in [1.54, 1.807) is 7.11 Å². The number of hydrogen-bond donors (Lipinski definition) is 3. The van der Waals surface area contributed by atoms with Crippen molar-refractivity contribution in [1.29, 1.82) is 0 Å². The second-order valence-electron chi connectivity index (χ2n) is 3.41. The number of hydrogen-bond acceptors (Lipinski definition) is 4. The lowest BCUT2D eigenvalue weighted by Gasteiger charge is -2.15. The van der Waals surface area contributed by atoms with E-state index < -0.39 is 12.3 Å². The average Bonchev–Trinajstić information content (AvgIpc) is 2.26. The van der Waals surface area contributed by atoms with Crippen molar-refractivity contribution in [2.24, 2.45) is 0 Å². The Hall–Kier alpha value is -1.10. The molecule has 2 unspecified atom stereocenters. The first kappa shape index (κ1) is 12.0. The third kappa shape index (κ3) is 3.87. The van der Waals surface area contributed by atoms with E-state index in [0.717, 1.165) is 11.3 Å². The Bertz CT molecular complexity index is 284. The number of aliphatic hydroxyl groups excluding tert-OH is 2. The van der Waals surface area contributed by atoms with Crippen LogP contribution >= 0.6 is 0 Å². The quantitative estimate of drug-likeness (QED) is 0.620. The smallest absolute Gasteiger partial charge is 0.131 e. The third-order valence-electron chi connectivity index (χ3n) is 2.13. The predicted molar refractivity (Wildman–Crippen MR) is 57.5 cm³/mol. The SMILES string of the molecule is COc1ccc(CNC(O)C(C)O)cc1. The summed E-state index contributed by atoms with van der Waals surface area (Å²) < 4.78 is 5.02. The summed E-state index contributed by atoms with van der Waals surface area (Å²) in [6, 6.07) is 7.51. The Kier molecular flexibility index (Phi) is 4.55. The van der Waals surface area contributed by atoms with E-state index in [-0.39, 0.29) is 0 Å². The summed E-state index contributed by atoms with van der Waals surface area (Å²) in [6.45, 7) is 2.04. The van der Waals surface area contributed by atoms with Crippen molar-refractivity contribution in [3.63, 3.8) is 0 Å².